The molecule has 92 valence electrons. The highest BCUT2D eigenvalue weighted by atomic mass is 16.2. The lowest BCUT2D eigenvalue weighted by Crippen LogP contribution is -2.39. The van der Waals surface area contributed by atoms with E-state index in [1.165, 1.54) is 5.56 Å². The Morgan fingerprint density at radius 1 is 1.24 bits per heavy atom. The van der Waals surface area contributed by atoms with Crippen LogP contribution in [-0.4, -0.2) is 24.5 Å². The standard InChI is InChI=1S/C14H20N2O/c1-11-4-6-12(7-5-11)16-9-8-15-14(2,3)10-13(16)17/h4-7,15H,8-10H2,1-3H3. The smallest absolute Gasteiger partial charge is 0.228 e. The number of carbonyl (C=O) groups is 1. The van der Waals surface area contributed by atoms with Gasteiger partial charge in [0.25, 0.3) is 0 Å². The van der Waals surface area contributed by atoms with Gasteiger partial charge >= 0.3 is 0 Å². The van der Waals surface area contributed by atoms with Crippen molar-refractivity contribution in [3.05, 3.63) is 29.8 Å². The molecule has 1 aromatic carbocycles. The Labute approximate surface area is 103 Å². The maximum absolute atomic E-state index is 12.2. The van der Waals surface area contributed by atoms with Crippen LogP contribution in [0.5, 0.6) is 0 Å². The van der Waals surface area contributed by atoms with E-state index in [1.807, 2.05) is 29.2 Å². The Morgan fingerprint density at radius 2 is 1.88 bits per heavy atom. The zero-order valence-electron chi connectivity index (χ0n) is 10.8. The summed E-state index contributed by atoms with van der Waals surface area (Å²) in [6.45, 7) is 7.78. The van der Waals surface area contributed by atoms with Crippen molar-refractivity contribution in [2.24, 2.45) is 0 Å². The molecule has 1 saturated heterocycles. The van der Waals surface area contributed by atoms with Gasteiger partial charge in [-0.15, -0.1) is 0 Å². The molecule has 3 heteroatoms. The molecular formula is C14H20N2O. The van der Waals surface area contributed by atoms with Crippen LogP contribution in [0.2, 0.25) is 0 Å². The van der Waals surface area contributed by atoms with Crippen molar-refractivity contribution in [1.82, 2.24) is 5.32 Å². The SMILES string of the molecule is Cc1ccc(N2CCNC(C)(C)CC2=O)cc1. The fraction of sp³-hybridized carbons (Fsp3) is 0.500. The molecule has 1 N–H and O–H groups in total. The number of hydrogen-bond acceptors (Lipinski definition) is 2. The third kappa shape index (κ3) is 2.86. The van der Waals surface area contributed by atoms with Crippen molar-refractivity contribution in [3.63, 3.8) is 0 Å². The van der Waals surface area contributed by atoms with Crippen molar-refractivity contribution in [3.8, 4) is 0 Å². The van der Waals surface area contributed by atoms with Gasteiger partial charge in [0.1, 0.15) is 0 Å². The molecule has 17 heavy (non-hydrogen) atoms. The fourth-order valence-corrected chi connectivity index (χ4v) is 2.16. The van der Waals surface area contributed by atoms with E-state index in [1.54, 1.807) is 0 Å². The summed E-state index contributed by atoms with van der Waals surface area (Å²) >= 11 is 0. The first-order valence-electron chi connectivity index (χ1n) is 6.10. The summed E-state index contributed by atoms with van der Waals surface area (Å²) in [4.78, 5) is 14.1. The predicted octanol–water partition coefficient (Wildman–Crippen LogP) is 2.10. The average Bonchev–Trinajstić information content (AvgIpc) is 2.37. The van der Waals surface area contributed by atoms with E-state index < -0.39 is 0 Å². The highest BCUT2D eigenvalue weighted by Gasteiger charge is 2.28. The second kappa shape index (κ2) is 4.49. The van der Waals surface area contributed by atoms with Gasteiger partial charge in [0.05, 0.1) is 0 Å². The summed E-state index contributed by atoms with van der Waals surface area (Å²) in [5, 5.41) is 3.40. The van der Waals surface area contributed by atoms with Crippen molar-refractivity contribution >= 4 is 11.6 Å². The molecular weight excluding hydrogens is 212 g/mol. The first-order chi connectivity index (χ1) is 7.98. The third-order valence-electron chi connectivity index (χ3n) is 3.18. The van der Waals surface area contributed by atoms with E-state index in [2.05, 4.69) is 26.1 Å². The Kier molecular flexibility index (Phi) is 3.20. The van der Waals surface area contributed by atoms with Crippen LogP contribution in [0.1, 0.15) is 25.8 Å². The van der Waals surface area contributed by atoms with Crippen LogP contribution < -0.4 is 10.2 Å². The Bertz CT molecular complexity index is 409. The topological polar surface area (TPSA) is 32.3 Å². The van der Waals surface area contributed by atoms with Crippen molar-refractivity contribution in [2.75, 3.05) is 18.0 Å². The quantitative estimate of drug-likeness (QED) is 0.804. The van der Waals surface area contributed by atoms with Gasteiger partial charge in [-0.3, -0.25) is 4.79 Å². The van der Waals surface area contributed by atoms with Crippen LogP contribution in [0.15, 0.2) is 24.3 Å². The van der Waals surface area contributed by atoms with E-state index >= 15 is 0 Å². The van der Waals surface area contributed by atoms with E-state index in [9.17, 15) is 4.79 Å². The number of hydrogen-bond donors (Lipinski definition) is 1. The van der Waals surface area contributed by atoms with Crippen molar-refractivity contribution < 1.29 is 4.79 Å². The van der Waals surface area contributed by atoms with E-state index in [0.717, 1.165) is 18.8 Å². The number of anilines is 1. The zero-order valence-corrected chi connectivity index (χ0v) is 10.8. The molecule has 1 aliphatic rings. The fourth-order valence-electron chi connectivity index (χ4n) is 2.16. The summed E-state index contributed by atoms with van der Waals surface area (Å²) in [5.41, 5.74) is 2.12. The van der Waals surface area contributed by atoms with Gasteiger partial charge < -0.3 is 10.2 Å². The predicted molar refractivity (Wildman–Crippen MR) is 70.2 cm³/mol. The van der Waals surface area contributed by atoms with Gasteiger partial charge in [-0.2, -0.15) is 0 Å². The number of nitrogens with zero attached hydrogens (tertiary/aromatic N) is 1. The van der Waals surface area contributed by atoms with Crippen molar-refractivity contribution in [1.29, 1.82) is 0 Å². The second-order valence-electron chi connectivity index (χ2n) is 5.37. The lowest BCUT2D eigenvalue weighted by Gasteiger charge is -2.23. The summed E-state index contributed by atoms with van der Waals surface area (Å²) in [7, 11) is 0. The van der Waals surface area contributed by atoms with Gasteiger partial charge in [0.15, 0.2) is 0 Å². The van der Waals surface area contributed by atoms with Gasteiger partial charge in [0.2, 0.25) is 5.91 Å². The molecule has 0 spiro atoms. The third-order valence-corrected chi connectivity index (χ3v) is 3.18. The van der Waals surface area contributed by atoms with Crippen LogP contribution in [0, 0.1) is 6.92 Å². The molecule has 0 saturated carbocycles. The van der Waals surface area contributed by atoms with Crippen LogP contribution >= 0.6 is 0 Å². The molecule has 1 heterocycles. The Balaban J connectivity index is 2.21. The van der Waals surface area contributed by atoms with Gasteiger partial charge in [-0.05, 0) is 32.9 Å². The lowest BCUT2D eigenvalue weighted by molar-refractivity contribution is -0.119. The highest BCUT2D eigenvalue weighted by Crippen LogP contribution is 2.20. The van der Waals surface area contributed by atoms with Crippen LogP contribution in [-0.2, 0) is 4.79 Å². The number of nitrogens with one attached hydrogen (secondary N) is 1. The second-order valence-corrected chi connectivity index (χ2v) is 5.37. The summed E-state index contributed by atoms with van der Waals surface area (Å²) in [6.07, 6.45) is 0.543. The van der Waals surface area contributed by atoms with Crippen LogP contribution in [0.4, 0.5) is 5.69 Å². The Morgan fingerprint density at radius 3 is 2.53 bits per heavy atom. The lowest BCUT2D eigenvalue weighted by atomic mass is 10.0. The normalized spacial score (nSPS) is 20.2. The van der Waals surface area contributed by atoms with E-state index in [-0.39, 0.29) is 11.4 Å². The average molecular weight is 232 g/mol. The summed E-state index contributed by atoms with van der Waals surface area (Å²) in [6, 6.07) is 8.13. The molecule has 2 rings (SSSR count). The van der Waals surface area contributed by atoms with Gasteiger partial charge in [0, 0.05) is 30.7 Å². The molecule has 1 amide bonds. The molecule has 1 fully saturated rings. The summed E-state index contributed by atoms with van der Waals surface area (Å²) < 4.78 is 0. The van der Waals surface area contributed by atoms with Gasteiger partial charge in [-0.25, -0.2) is 0 Å². The number of carbonyl (C=O) groups excluding carboxylic acids is 1. The monoisotopic (exact) mass is 232 g/mol. The molecule has 0 bridgehead atoms. The maximum atomic E-state index is 12.2. The largest absolute Gasteiger partial charge is 0.311 e. The molecule has 0 unspecified atom stereocenters. The molecule has 0 aliphatic carbocycles. The van der Waals surface area contributed by atoms with Gasteiger partial charge in [-0.1, -0.05) is 17.7 Å². The molecule has 0 aromatic heterocycles. The number of aryl methyl sites for hydroxylation is 1. The first-order valence-corrected chi connectivity index (χ1v) is 6.10. The highest BCUT2D eigenvalue weighted by molar-refractivity contribution is 5.94. The first kappa shape index (κ1) is 12.1. The molecule has 0 radical (unpaired) electrons. The molecule has 1 aromatic rings. The number of benzene rings is 1. The minimum atomic E-state index is -0.101. The van der Waals surface area contributed by atoms with Crippen LogP contribution in [0.25, 0.3) is 0 Å². The maximum Gasteiger partial charge on any atom is 0.228 e. The van der Waals surface area contributed by atoms with Crippen molar-refractivity contribution in [2.45, 2.75) is 32.7 Å². The minimum Gasteiger partial charge on any atom is -0.311 e. The number of amides is 1. The zero-order chi connectivity index (χ0) is 12.5. The number of rotatable bonds is 1. The minimum absolute atomic E-state index is 0.101. The molecule has 3 nitrogen and oxygen atoms in total. The van der Waals surface area contributed by atoms with Crippen LogP contribution in [0.3, 0.4) is 0 Å². The van der Waals surface area contributed by atoms with E-state index in [0.29, 0.717) is 6.42 Å². The summed E-state index contributed by atoms with van der Waals surface area (Å²) in [5.74, 6) is 0.198. The van der Waals surface area contributed by atoms with E-state index in [4.69, 9.17) is 0 Å². The molecule has 1 aliphatic heterocycles. The molecule has 0 atom stereocenters. The Hall–Kier alpha value is -1.35.